The Kier molecular flexibility index (Phi) is 4.73. The van der Waals surface area contributed by atoms with E-state index in [1.54, 1.807) is 0 Å². The molecule has 1 aliphatic rings. The Labute approximate surface area is 198 Å². The van der Waals surface area contributed by atoms with Crippen LogP contribution in [0.3, 0.4) is 0 Å². The third-order valence-electron chi connectivity index (χ3n) is 6.37. The number of carbonyl (C=O) groups is 1. The summed E-state index contributed by atoms with van der Waals surface area (Å²) in [6.07, 6.45) is 2.02. The zero-order valence-electron chi connectivity index (χ0n) is 19.1. The number of hydrogen-bond donors (Lipinski definition) is 1. The minimum absolute atomic E-state index is 0.0470. The van der Waals surface area contributed by atoms with Gasteiger partial charge >= 0.3 is 0 Å². The zero-order valence-corrected chi connectivity index (χ0v) is 19.1. The lowest BCUT2D eigenvalue weighted by molar-refractivity contribution is -0.114. The topological polar surface area (TPSA) is 45.5 Å². The number of nitrogens with one attached hydrogen (secondary N) is 1. The summed E-state index contributed by atoms with van der Waals surface area (Å²) in [6, 6.07) is 30.2. The maximum Gasteiger partial charge on any atom is 0.275 e. The highest BCUT2D eigenvalue weighted by molar-refractivity contribution is 6.11. The minimum Gasteiger partial charge on any atom is -0.456 e. The van der Waals surface area contributed by atoms with Crippen molar-refractivity contribution in [1.82, 2.24) is 0 Å². The van der Waals surface area contributed by atoms with E-state index in [9.17, 15) is 4.79 Å². The summed E-state index contributed by atoms with van der Waals surface area (Å²) >= 11 is 0. The van der Waals surface area contributed by atoms with E-state index in [0.29, 0.717) is 5.70 Å². The molecule has 1 N–H and O–H groups in total. The molecule has 0 aliphatic carbocycles. The van der Waals surface area contributed by atoms with Crippen molar-refractivity contribution in [3.63, 3.8) is 0 Å². The number of carbonyl (C=O) groups excluding carboxylic acids is 1. The van der Waals surface area contributed by atoms with Crippen LogP contribution in [-0.4, -0.2) is 5.91 Å². The summed E-state index contributed by atoms with van der Waals surface area (Å²) in [5, 5.41) is 5.49. The SMILES string of the molecule is Cc1cccc(NC2=CC(c3ccc4oc5ccccc5c4c3)N(c3cccc(C)c3)C2=O)c1. The number of amides is 1. The van der Waals surface area contributed by atoms with Crippen molar-refractivity contribution in [3.8, 4) is 0 Å². The van der Waals surface area contributed by atoms with Crippen molar-refractivity contribution in [2.75, 3.05) is 10.2 Å². The van der Waals surface area contributed by atoms with Crippen LogP contribution in [0.2, 0.25) is 0 Å². The van der Waals surface area contributed by atoms with Gasteiger partial charge in [0, 0.05) is 22.1 Å². The molecule has 4 nitrogen and oxygen atoms in total. The number of fused-ring (bicyclic) bond motifs is 3. The molecule has 0 saturated heterocycles. The summed E-state index contributed by atoms with van der Waals surface area (Å²) in [6.45, 7) is 4.09. The van der Waals surface area contributed by atoms with Gasteiger partial charge in [0.1, 0.15) is 16.9 Å². The smallest absolute Gasteiger partial charge is 0.275 e. The van der Waals surface area contributed by atoms with Crippen molar-refractivity contribution in [2.24, 2.45) is 0 Å². The molecule has 0 bridgehead atoms. The Hall–Kier alpha value is -4.31. The van der Waals surface area contributed by atoms with Crippen LogP contribution in [0.5, 0.6) is 0 Å². The number of rotatable bonds is 4. The average molecular weight is 445 g/mol. The third kappa shape index (κ3) is 3.44. The first-order chi connectivity index (χ1) is 16.6. The molecule has 0 radical (unpaired) electrons. The molecule has 1 atom stereocenters. The Bertz CT molecular complexity index is 1590. The first kappa shape index (κ1) is 20.3. The number of aryl methyl sites for hydroxylation is 2. The largest absolute Gasteiger partial charge is 0.456 e. The monoisotopic (exact) mass is 444 g/mol. The molecule has 5 aromatic rings. The molecule has 4 aromatic carbocycles. The second-order valence-corrected chi connectivity index (χ2v) is 8.89. The Morgan fingerprint density at radius 1 is 0.765 bits per heavy atom. The highest BCUT2D eigenvalue weighted by atomic mass is 16.3. The van der Waals surface area contributed by atoms with E-state index in [0.717, 1.165) is 50.0 Å². The van der Waals surface area contributed by atoms with E-state index in [1.165, 1.54) is 0 Å². The van der Waals surface area contributed by atoms with Gasteiger partial charge in [-0.3, -0.25) is 9.69 Å². The average Bonchev–Trinajstić information content (AvgIpc) is 3.36. The Morgan fingerprint density at radius 2 is 1.53 bits per heavy atom. The van der Waals surface area contributed by atoms with Crippen LogP contribution in [0.1, 0.15) is 22.7 Å². The number of anilines is 2. The molecule has 0 fully saturated rings. The lowest BCUT2D eigenvalue weighted by Gasteiger charge is -2.25. The summed E-state index contributed by atoms with van der Waals surface area (Å²) < 4.78 is 6.02. The van der Waals surface area contributed by atoms with Crippen LogP contribution in [-0.2, 0) is 4.79 Å². The standard InChI is InChI=1S/C30H24N2O2/c1-19-7-5-9-22(15-19)31-26-18-27(32(30(26)33)23-10-6-8-20(2)16-23)21-13-14-29-25(17-21)24-11-3-4-12-28(24)34-29/h3-18,27,31H,1-2H3. The Balaban J connectivity index is 1.47. The summed E-state index contributed by atoms with van der Waals surface area (Å²) in [5.41, 5.74) is 7.36. The van der Waals surface area contributed by atoms with Crippen molar-refractivity contribution >= 4 is 39.2 Å². The van der Waals surface area contributed by atoms with E-state index in [-0.39, 0.29) is 11.9 Å². The van der Waals surface area contributed by atoms with Gasteiger partial charge in [0.25, 0.3) is 5.91 Å². The number of furan rings is 1. The van der Waals surface area contributed by atoms with Gasteiger partial charge in [-0.15, -0.1) is 0 Å². The lowest BCUT2D eigenvalue weighted by Crippen LogP contribution is -2.30. The molecule has 0 spiro atoms. The lowest BCUT2D eigenvalue weighted by atomic mass is 10.0. The van der Waals surface area contributed by atoms with Gasteiger partial charge < -0.3 is 9.73 Å². The number of benzene rings is 4. The Morgan fingerprint density at radius 3 is 2.35 bits per heavy atom. The molecule has 34 heavy (non-hydrogen) atoms. The van der Waals surface area contributed by atoms with Gasteiger partial charge in [0.2, 0.25) is 0 Å². The van der Waals surface area contributed by atoms with Gasteiger partial charge in [-0.2, -0.15) is 0 Å². The van der Waals surface area contributed by atoms with E-state index in [4.69, 9.17) is 4.42 Å². The summed E-state index contributed by atoms with van der Waals surface area (Å²) in [5.74, 6) is -0.0470. The molecule has 1 amide bonds. The predicted octanol–water partition coefficient (Wildman–Crippen LogP) is 7.29. The fourth-order valence-electron chi connectivity index (χ4n) is 4.76. The molecule has 166 valence electrons. The minimum atomic E-state index is -0.236. The van der Waals surface area contributed by atoms with Crippen LogP contribution in [0.25, 0.3) is 21.9 Å². The molecule has 4 heteroatoms. The first-order valence-electron chi connectivity index (χ1n) is 11.4. The number of nitrogens with zero attached hydrogens (tertiary/aromatic N) is 1. The molecule has 1 aromatic heterocycles. The van der Waals surface area contributed by atoms with Gasteiger partial charge in [-0.25, -0.2) is 0 Å². The summed E-state index contributed by atoms with van der Waals surface area (Å²) in [7, 11) is 0. The predicted molar refractivity (Wildman–Crippen MR) is 138 cm³/mol. The first-order valence-corrected chi connectivity index (χ1v) is 11.4. The van der Waals surface area contributed by atoms with Crippen LogP contribution in [0.15, 0.2) is 107 Å². The molecule has 1 aliphatic heterocycles. The molecule has 0 saturated carbocycles. The highest BCUT2D eigenvalue weighted by Crippen LogP contribution is 2.39. The van der Waals surface area contributed by atoms with Crippen LogP contribution in [0.4, 0.5) is 11.4 Å². The van der Waals surface area contributed by atoms with Crippen molar-refractivity contribution in [3.05, 3.63) is 119 Å². The quantitative estimate of drug-likeness (QED) is 0.317. The summed E-state index contributed by atoms with van der Waals surface area (Å²) in [4.78, 5) is 15.6. The fourth-order valence-corrected chi connectivity index (χ4v) is 4.76. The molecule has 1 unspecified atom stereocenters. The molecular weight excluding hydrogens is 420 g/mol. The highest BCUT2D eigenvalue weighted by Gasteiger charge is 2.35. The zero-order chi connectivity index (χ0) is 23.2. The van der Waals surface area contributed by atoms with Crippen LogP contribution >= 0.6 is 0 Å². The second-order valence-electron chi connectivity index (χ2n) is 8.89. The van der Waals surface area contributed by atoms with Crippen LogP contribution in [0, 0.1) is 13.8 Å². The van der Waals surface area contributed by atoms with Gasteiger partial charge in [-0.1, -0.05) is 48.5 Å². The maximum atomic E-state index is 13.7. The van der Waals surface area contributed by atoms with E-state index >= 15 is 0 Å². The van der Waals surface area contributed by atoms with E-state index in [1.807, 2.05) is 91.6 Å². The normalized spacial score (nSPS) is 15.8. The van der Waals surface area contributed by atoms with Gasteiger partial charge in [-0.05, 0) is 79.1 Å². The fraction of sp³-hybridized carbons (Fsp3) is 0.100. The van der Waals surface area contributed by atoms with Crippen LogP contribution < -0.4 is 10.2 Å². The molecule has 6 rings (SSSR count). The van der Waals surface area contributed by atoms with Crippen molar-refractivity contribution in [2.45, 2.75) is 19.9 Å². The number of para-hydroxylation sites is 1. The second kappa shape index (κ2) is 7.92. The number of hydrogen-bond acceptors (Lipinski definition) is 3. The van der Waals surface area contributed by atoms with Crippen molar-refractivity contribution in [1.29, 1.82) is 0 Å². The molecule has 2 heterocycles. The van der Waals surface area contributed by atoms with Crippen molar-refractivity contribution < 1.29 is 9.21 Å². The van der Waals surface area contributed by atoms with Gasteiger partial charge in [0.05, 0.1) is 6.04 Å². The van der Waals surface area contributed by atoms with E-state index in [2.05, 4.69) is 29.6 Å². The van der Waals surface area contributed by atoms with E-state index < -0.39 is 0 Å². The van der Waals surface area contributed by atoms with Gasteiger partial charge in [0.15, 0.2) is 0 Å². The molecular formula is C30H24N2O2. The third-order valence-corrected chi connectivity index (χ3v) is 6.37. The maximum absolute atomic E-state index is 13.7.